The van der Waals surface area contributed by atoms with E-state index in [9.17, 15) is 0 Å². The van der Waals surface area contributed by atoms with Crippen LogP contribution >= 0.6 is 34.8 Å². The van der Waals surface area contributed by atoms with E-state index < -0.39 is 0 Å². The number of nitrogens with one attached hydrogen (secondary N) is 1. The first-order valence-electron chi connectivity index (χ1n) is 9.24. The molecule has 29 heavy (non-hydrogen) atoms. The molecule has 152 valence electrons. The Bertz CT molecular complexity index is 948. The smallest absolute Gasteiger partial charge is 0.180 e. The third kappa shape index (κ3) is 6.28. The number of rotatable bonds is 9. The number of halogens is 3. The van der Waals surface area contributed by atoms with Crippen LogP contribution in [0.2, 0.25) is 15.1 Å². The van der Waals surface area contributed by atoms with Crippen molar-refractivity contribution in [2.45, 2.75) is 19.6 Å². The molecule has 0 aromatic heterocycles. The molecule has 0 spiro atoms. The fraction of sp³-hybridized carbons (Fsp3) is 0.217. The third-order valence-corrected chi connectivity index (χ3v) is 5.31. The third-order valence-electron chi connectivity index (χ3n) is 4.44. The molecule has 3 aromatic rings. The Hall–Kier alpha value is -1.91. The number of hydrogen-bond acceptors (Lipinski definition) is 3. The fourth-order valence-corrected chi connectivity index (χ4v) is 3.67. The van der Waals surface area contributed by atoms with E-state index in [1.165, 1.54) is 5.56 Å². The first-order valence-corrected chi connectivity index (χ1v) is 10.4. The van der Waals surface area contributed by atoms with Crippen molar-refractivity contribution >= 4 is 34.8 Å². The van der Waals surface area contributed by atoms with E-state index in [1.54, 1.807) is 19.2 Å². The summed E-state index contributed by atoms with van der Waals surface area (Å²) < 4.78 is 11.4. The van der Waals surface area contributed by atoms with Gasteiger partial charge >= 0.3 is 0 Å². The van der Waals surface area contributed by atoms with E-state index in [1.807, 2.05) is 24.3 Å². The Morgan fingerprint density at radius 3 is 2.38 bits per heavy atom. The zero-order chi connectivity index (χ0) is 20.6. The van der Waals surface area contributed by atoms with Crippen LogP contribution < -0.4 is 14.8 Å². The normalized spacial score (nSPS) is 10.8. The highest BCUT2D eigenvalue weighted by molar-refractivity contribution is 6.35. The zero-order valence-corrected chi connectivity index (χ0v) is 18.3. The van der Waals surface area contributed by atoms with Crippen LogP contribution in [0.15, 0.2) is 60.7 Å². The first kappa shape index (κ1) is 21.8. The summed E-state index contributed by atoms with van der Waals surface area (Å²) in [5.74, 6) is 1.08. The van der Waals surface area contributed by atoms with E-state index in [0.29, 0.717) is 33.1 Å². The van der Waals surface area contributed by atoms with Crippen molar-refractivity contribution in [2.24, 2.45) is 0 Å². The van der Waals surface area contributed by atoms with Gasteiger partial charge in [-0.3, -0.25) is 0 Å². The van der Waals surface area contributed by atoms with Crippen molar-refractivity contribution in [2.75, 3.05) is 13.7 Å². The van der Waals surface area contributed by atoms with Crippen LogP contribution in [-0.2, 0) is 19.6 Å². The zero-order valence-electron chi connectivity index (χ0n) is 16.1. The summed E-state index contributed by atoms with van der Waals surface area (Å²) >= 11 is 18.6. The summed E-state index contributed by atoms with van der Waals surface area (Å²) in [5, 5.41) is 5.06. The predicted octanol–water partition coefficient (Wildman–Crippen LogP) is 6.57. The second-order valence-corrected chi connectivity index (χ2v) is 7.80. The molecular formula is C23H22Cl3NO2. The molecule has 1 N–H and O–H groups in total. The Morgan fingerprint density at radius 1 is 0.862 bits per heavy atom. The van der Waals surface area contributed by atoms with Crippen LogP contribution in [0.25, 0.3) is 0 Å². The molecule has 0 fully saturated rings. The van der Waals surface area contributed by atoms with E-state index in [0.717, 1.165) is 24.1 Å². The molecule has 3 rings (SSSR count). The lowest BCUT2D eigenvalue weighted by molar-refractivity contribution is 0.284. The summed E-state index contributed by atoms with van der Waals surface area (Å²) in [5.41, 5.74) is 3.15. The molecular weight excluding hydrogens is 429 g/mol. The van der Waals surface area contributed by atoms with E-state index in [2.05, 4.69) is 29.6 Å². The van der Waals surface area contributed by atoms with Gasteiger partial charge in [-0.25, -0.2) is 0 Å². The van der Waals surface area contributed by atoms with E-state index in [-0.39, 0.29) is 6.61 Å². The lowest BCUT2D eigenvalue weighted by Crippen LogP contribution is -2.16. The summed E-state index contributed by atoms with van der Waals surface area (Å²) in [6, 6.07) is 19.5. The minimum absolute atomic E-state index is 0.265. The molecule has 0 saturated heterocycles. The standard InChI is InChI=1S/C23H22Cl3NO2/c1-28-22-12-17(14-27-10-9-16-5-3-2-4-6-16)11-21(26)23(22)29-15-18-7-8-19(24)13-20(18)25/h2-8,11-13,27H,9-10,14-15H2,1H3. The van der Waals surface area contributed by atoms with E-state index in [4.69, 9.17) is 44.3 Å². The molecule has 0 unspecified atom stereocenters. The number of ether oxygens (including phenoxy) is 2. The van der Waals surface area contributed by atoms with Crippen LogP contribution in [-0.4, -0.2) is 13.7 Å². The molecule has 0 aliphatic rings. The molecule has 0 radical (unpaired) electrons. The van der Waals surface area contributed by atoms with Crippen LogP contribution in [0.4, 0.5) is 0 Å². The van der Waals surface area contributed by atoms with Gasteiger partial charge in [-0.15, -0.1) is 0 Å². The monoisotopic (exact) mass is 449 g/mol. The molecule has 0 heterocycles. The Balaban J connectivity index is 1.61. The van der Waals surface area contributed by atoms with Gasteiger partial charge in [-0.2, -0.15) is 0 Å². The highest BCUT2D eigenvalue weighted by Crippen LogP contribution is 2.37. The highest BCUT2D eigenvalue weighted by atomic mass is 35.5. The van der Waals surface area contributed by atoms with Crippen molar-refractivity contribution in [3.63, 3.8) is 0 Å². The minimum Gasteiger partial charge on any atom is -0.493 e. The van der Waals surface area contributed by atoms with Crippen molar-refractivity contribution in [3.05, 3.63) is 92.4 Å². The van der Waals surface area contributed by atoms with Crippen molar-refractivity contribution in [1.82, 2.24) is 5.32 Å². The molecule has 0 bridgehead atoms. The molecule has 0 atom stereocenters. The van der Waals surface area contributed by atoms with Gasteiger partial charge < -0.3 is 14.8 Å². The Kier molecular flexibility index (Phi) is 8.08. The largest absolute Gasteiger partial charge is 0.493 e. The number of hydrogen-bond donors (Lipinski definition) is 1. The maximum atomic E-state index is 6.47. The number of methoxy groups -OCH3 is 1. The summed E-state index contributed by atoms with van der Waals surface area (Å²) in [4.78, 5) is 0. The molecule has 3 nitrogen and oxygen atoms in total. The molecule has 0 aliphatic heterocycles. The second kappa shape index (κ2) is 10.7. The Labute approximate surface area is 186 Å². The average molecular weight is 451 g/mol. The van der Waals surface area contributed by atoms with Gasteiger partial charge in [0.1, 0.15) is 6.61 Å². The minimum atomic E-state index is 0.265. The van der Waals surface area contributed by atoms with Gasteiger partial charge in [0.2, 0.25) is 0 Å². The van der Waals surface area contributed by atoms with Gasteiger partial charge in [-0.05, 0) is 48.4 Å². The number of benzene rings is 3. The van der Waals surface area contributed by atoms with Gasteiger partial charge in [0.05, 0.1) is 12.1 Å². The van der Waals surface area contributed by atoms with Crippen molar-refractivity contribution in [1.29, 1.82) is 0 Å². The van der Waals surface area contributed by atoms with Gasteiger partial charge in [0.25, 0.3) is 0 Å². The fourth-order valence-electron chi connectivity index (χ4n) is 2.91. The van der Waals surface area contributed by atoms with E-state index >= 15 is 0 Å². The second-order valence-electron chi connectivity index (χ2n) is 6.55. The summed E-state index contributed by atoms with van der Waals surface area (Å²) in [6.45, 7) is 1.82. The SMILES string of the molecule is COc1cc(CNCCc2ccccc2)cc(Cl)c1OCc1ccc(Cl)cc1Cl. The molecule has 6 heteroatoms. The first-order chi connectivity index (χ1) is 14.1. The highest BCUT2D eigenvalue weighted by Gasteiger charge is 2.13. The molecule has 0 saturated carbocycles. The quantitative estimate of drug-likeness (QED) is 0.374. The van der Waals surface area contributed by atoms with Crippen molar-refractivity contribution in [3.8, 4) is 11.5 Å². The van der Waals surface area contributed by atoms with Crippen molar-refractivity contribution < 1.29 is 9.47 Å². The maximum Gasteiger partial charge on any atom is 0.180 e. The molecule has 0 aliphatic carbocycles. The van der Waals surface area contributed by atoms with Crippen LogP contribution in [0.1, 0.15) is 16.7 Å². The van der Waals surface area contributed by atoms with Gasteiger partial charge in [0.15, 0.2) is 11.5 Å². The molecule has 3 aromatic carbocycles. The lowest BCUT2D eigenvalue weighted by Gasteiger charge is -2.15. The Morgan fingerprint density at radius 2 is 1.66 bits per heavy atom. The topological polar surface area (TPSA) is 30.5 Å². The summed E-state index contributed by atoms with van der Waals surface area (Å²) in [7, 11) is 1.60. The van der Waals surface area contributed by atoms with Crippen LogP contribution in [0, 0.1) is 0 Å². The van der Waals surface area contributed by atoms with Gasteiger partial charge in [-0.1, -0.05) is 71.2 Å². The predicted molar refractivity (Wildman–Crippen MR) is 121 cm³/mol. The van der Waals surface area contributed by atoms with Crippen LogP contribution in [0.3, 0.4) is 0 Å². The van der Waals surface area contributed by atoms with Gasteiger partial charge in [0, 0.05) is 22.2 Å². The summed E-state index contributed by atoms with van der Waals surface area (Å²) in [6.07, 6.45) is 0.967. The van der Waals surface area contributed by atoms with Crippen LogP contribution in [0.5, 0.6) is 11.5 Å². The molecule has 0 amide bonds. The maximum absolute atomic E-state index is 6.47. The lowest BCUT2D eigenvalue weighted by atomic mass is 10.1. The average Bonchev–Trinajstić information content (AvgIpc) is 2.72.